The summed E-state index contributed by atoms with van der Waals surface area (Å²) in [4.78, 5) is 24.7. The number of hydrogen-bond acceptors (Lipinski definition) is 7. The van der Waals surface area contributed by atoms with Gasteiger partial charge in [0.2, 0.25) is 0 Å². The average Bonchev–Trinajstić information content (AvgIpc) is 3.35. The highest BCUT2D eigenvalue weighted by molar-refractivity contribution is 7.21. The SMILES string of the molecule is Cc1nc(C)c(C(C)N(C)C(=O)COc2cc3sc(C)nc3c3sccc23)s1. The number of likely N-dealkylation sites (N-methyl/N-ethyl adjacent to an activating group) is 1. The zero-order chi connectivity index (χ0) is 20.0. The largest absolute Gasteiger partial charge is 0.483 e. The molecule has 0 aliphatic rings. The van der Waals surface area contributed by atoms with Crippen LogP contribution in [0.5, 0.6) is 5.75 Å². The van der Waals surface area contributed by atoms with Gasteiger partial charge in [0, 0.05) is 23.4 Å². The van der Waals surface area contributed by atoms with Crippen LogP contribution in [-0.4, -0.2) is 34.4 Å². The molecule has 0 fully saturated rings. The number of aryl methyl sites for hydroxylation is 3. The van der Waals surface area contributed by atoms with Crippen LogP contribution >= 0.6 is 34.0 Å². The van der Waals surface area contributed by atoms with Gasteiger partial charge in [-0.15, -0.1) is 34.0 Å². The van der Waals surface area contributed by atoms with Crippen LogP contribution < -0.4 is 4.74 Å². The van der Waals surface area contributed by atoms with Crippen LogP contribution in [0, 0.1) is 20.8 Å². The van der Waals surface area contributed by atoms with Crippen LogP contribution in [0.2, 0.25) is 0 Å². The van der Waals surface area contributed by atoms with Gasteiger partial charge in [-0.25, -0.2) is 9.97 Å². The normalized spacial score (nSPS) is 12.6. The van der Waals surface area contributed by atoms with Gasteiger partial charge in [0.15, 0.2) is 6.61 Å². The van der Waals surface area contributed by atoms with E-state index in [1.807, 2.05) is 52.3 Å². The lowest BCUT2D eigenvalue weighted by molar-refractivity contribution is -0.133. The first-order valence-electron chi connectivity index (χ1n) is 8.95. The molecule has 146 valence electrons. The average molecular weight is 432 g/mol. The first-order chi connectivity index (χ1) is 13.3. The molecule has 0 bridgehead atoms. The fourth-order valence-corrected chi connectivity index (χ4v) is 6.13. The molecule has 0 saturated heterocycles. The van der Waals surface area contributed by atoms with E-state index in [4.69, 9.17) is 4.74 Å². The van der Waals surface area contributed by atoms with Crippen molar-refractivity contribution in [2.24, 2.45) is 0 Å². The number of thiophene rings is 1. The summed E-state index contributed by atoms with van der Waals surface area (Å²) in [5.74, 6) is 0.688. The molecule has 5 nitrogen and oxygen atoms in total. The first kappa shape index (κ1) is 19.3. The summed E-state index contributed by atoms with van der Waals surface area (Å²) in [5.41, 5.74) is 2.01. The Balaban J connectivity index is 1.54. The number of thiazole rings is 2. The summed E-state index contributed by atoms with van der Waals surface area (Å²) in [5, 5.41) is 5.10. The molecule has 3 aromatic heterocycles. The van der Waals surface area contributed by atoms with Crippen molar-refractivity contribution < 1.29 is 9.53 Å². The number of aromatic nitrogens is 2. The molecule has 0 aliphatic carbocycles. The number of nitrogens with zero attached hydrogens (tertiary/aromatic N) is 3. The molecule has 3 heterocycles. The van der Waals surface area contributed by atoms with E-state index in [0.717, 1.165) is 46.6 Å². The number of benzene rings is 1. The van der Waals surface area contributed by atoms with E-state index < -0.39 is 0 Å². The second-order valence-corrected chi connectivity index (χ2v) is 10.2. The monoisotopic (exact) mass is 431 g/mol. The molecule has 4 rings (SSSR count). The Labute approximate surface area is 175 Å². The summed E-state index contributed by atoms with van der Waals surface area (Å²) in [6.45, 7) is 8.02. The molecule has 0 N–H and O–H groups in total. The van der Waals surface area contributed by atoms with Gasteiger partial charge in [0.05, 0.1) is 36.7 Å². The third kappa shape index (κ3) is 3.40. The van der Waals surface area contributed by atoms with Crippen LogP contribution in [0.3, 0.4) is 0 Å². The molecule has 1 aromatic carbocycles. The van der Waals surface area contributed by atoms with Crippen molar-refractivity contribution in [3.8, 4) is 5.75 Å². The van der Waals surface area contributed by atoms with E-state index >= 15 is 0 Å². The highest BCUT2D eigenvalue weighted by Crippen LogP contribution is 2.39. The van der Waals surface area contributed by atoms with Crippen molar-refractivity contribution >= 4 is 60.2 Å². The van der Waals surface area contributed by atoms with Crippen molar-refractivity contribution in [2.75, 3.05) is 13.7 Å². The quantitative estimate of drug-likeness (QED) is 0.419. The van der Waals surface area contributed by atoms with Gasteiger partial charge in [-0.05, 0) is 39.1 Å². The molecular weight excluding hydrogens is 410 g/mol. The van der Waals surface area contributed by atoms with Crippen molar-refractivity contribution in [1.82, 2.24) is 14.9 Å². The number of carbonyl (C=O) groups is 1. The van der Waals surface area contributed by atoms with Crippen LogP contribution in [0.25, 0.3) is 20.3 Å². The number of hydrogen-bond donors (Lipinski definition) is 0. The Morgan fingerprint density at radius 1 is 1.21 bits per heavy atom. The molecule has 4 aromatic rings. The molecule has 1 amide bonds. The maximum absolute atomic E-state index is 12.8. The molecule has 1 unspecified atom stereocenters. The lowest BCUT2D eigenvalue weighted by Gasteiger charge is -2.24. The Morgan fingerprint density at radius 3 is 2.68 bits per heavy atom. The van der Waals surface area contributed by atoms with Crippen LogP contribution in [0.15, 0.2) is 17.5 Å². The van der Waals surface area contributed by atoms with Gasteiger partial charge in [-0.2, -0.15) is 0 Å². The summed E-state index contributed by atoms with van der Waals surface area (Å²) >= 11 is 4.94. The number of rotatable bonds is 5. The third-order valence-corrected chi connectivity index (χ3v) is 7.89. The fraction of sp³-hybridized carbons (Fsp3) is 0.350. The molecule has 1 atom stereocenters. The number of ether oxygens (including phenoxy) is 1. The minimum absolute atomic E-state index is 0.00587. The highest BCUT2D eigenvalue weighted by Gasteiger charge is 2.22. The number of amides is 1. The summed E-state index contributed by atoms with van der Waals surface area (Å²) in [6, 6.07) is 4.00. The molecule has 28 heavy (non-hydrogen) atoms. The molecule has 0 aliphatic heterocycles. The summed E-state index contributed by atoms with van der Waals surface area (Å²) < 4.78 is 8.18. The van der Waals surface area contributed by atoms with E-state index in [2.05, 4.69) is 9.97 Å². The topological polar surface area (TPSA) is 55.3 Å². The van der Waals surface area contributed by atoms with E-state index in [9.17, 15) is 4.79 Å². The fourth-order valence-electron chi connectivity index (χ4n) is 3.27. The molecule has 0 radical (unpaired) electrons. The molecule has 0 spiro atoms. The van der Waals surface area contributed by atoms with E-state index in [-0.39, 0.29) is 18.6 Å². The van der Waals surface area contributed by atoms with Gasteiger partial charge in [0.25, 0.3) is 5.91 Å². The predicted molar refractivity (Wildman–Crippen MR) is 118 cm³/mol. The molecule has 0 saturated carbocycles. The lowest BCUT2D eigenvalue weighted by Crippen LogP contribution is -2.33. The Kier molecular flexibility index (Phi) is 5.11. The predicted octanol–water partition coefficient (Wildman–Crippen LogP) is 5.49. The minimum Gasteiger partial charge on any atom is -0.483 e. The van der Waals surface area contributed by atoms with Crippen molar-refractivity contribution in [2.45, 2.75) is 33.7 Å². The Morgan fingerprint density at radius 2 is 1.96 bits per heavy atom. The zero-order valence-corrected chi connectivity index (χ0v) is 18.8. The van der Waals surface area contributed by atoms with Crippen LogP contribution in [-0.2, 0) is 4.79 Å². The van der Waals surface area contributed by atoms with Gasteiger partial charge in [-0.3, -0.25) is 4.79 Å². The van der Waals surface area contributed by atoms with Crippen LogP contribution in [0.4, 0.5) is 0 Å². The minimum atomic E-state index is -0.0538. The molecular formula is C20H21N3O2S3. The van der Waals surface area contributed by atoms with Crippen molar-refractivity contribution in [3.05, 3.63) is 38.1 Å². The van der Waals surface area contributed by atoms with E-state index in [1.54, 1.807) is 38.9 Å². The lowest BCUT2D eigenvalue weighted by atomic mass is 10.2. The second-order valence-electron chi connectivity index (χ2n) is 6.77. The van der Waals surface area contributed by atoms with Gasteiger partial charge >= 0.3 is 0 Å². The Bertz CT molecular complexity index is 1170. The smallest absolute Gasteiger partial charge is 0.260 e. The van der Waals surface area contributed by atoms with Crippen molar-refractivity contribution in [3.63, 3.8) is 0 Å². The molecule has 8 heteroatoms. The van der Waals surface area contributed by atoms with Gasteiger partial charge in [-0.1, -0.05) is 0 Å². The first-order valence-corrected chi connectivity index (χ1v) is 11.5. The van der Waals surface area contributed by atoms with Crippen LogP contribution in [0.1, 0.15) is 33.6 Å². The van der Waals surface area contributed by atoms with Crippen molar-refractivity contribution in [1.29, 1.82) is 0 Å². The number of carbonyl (C=O) groups excluding carboxylic acids is 1. The highest BCUT2D eigenvalue weighted by atomic mass is 32.1. The summed E-state index contributed by atoms with van der Waals surface area (Å²) in [6.07, 6.45) is 0. The van der Waals surface area contributed by atoms with E-state index in [1.165, 1.54) is 0 Å². The summed E-state index contributed by atoms with van der Waals surface area (Å²) in [7, 11) is 1.82. The standard InChI is InChI=1S/C20H21N3O2S3/c1-10-19(28-12(3)21-10)11(2)23(5)17(24)9-25-15-8-16-18(22-13(4)27-16)20-14(15)6-7-26-20/h6-8,11H,9H2,1-5H3. The van der Waals surface area contributed by atoms with Gasteiger partial charge < -0.3 is 9.64 Å². The number of fused-ring (bicyclic) bond motifs is 3. The maximum atomic E-state index is 12.8. The van der Waals surface area contributed by atoms with E-state index in [0.29, 0.717) is 0 Å². The zero-order valence-electron chi connectivity index (χ0n) is 16.4. The second kappa shape index (κ2) is 7.42. The Hall–Kier alpha value is -2.03. The maximum Gasteiger partial charge on any atom is 0.260 e. The third-order valence-electron chi connectivity index (χ3n) is 4.81. The van der Waals surface area contributed by atoms with Gasteiger partial charge in [0.1, 0.15) is 5.75 Å².